The Bertz CT molecular complexity index is 626. The van der Waals surface area contributed by atoms with Crippen molar-refractivity contribution in [3.05, 3.63) is 30.0 Å². The van der Waals surface area contributed by atoms with Crippen LogP contribution in [0.5, 0.6) is 0 Å². The number of aryl methyl sites for hydroxylation is 1. The molecule has 6 heteroatoms. The molecular formula is C13H15N3O3. The zero-order chi connectivity index (χ0) is 14.0. The van der Waals surface area contributed by atoms with Gasteiger partial charge in [0.2, 0.25) is 0 Å². The standard InChI is InChI=1S/C13H15N3O3/c1-8-11(14-7-13(2,19)12(17)18)16-10-6-4-3-5-9(10)15-8/h3-6,19H,7H2,1-2H3,(H,14,16)(H,17,18). The summed E-state index contributed by atoms with van der Waals surface area (Å²) in [4.78, 5) is 19.5. The molecule has 1 atom stereocenters. The van der Waals surface area contributed by atoms with Gasteiger partial charge in [-0.15, -0.1) is 0 Å². The summed E-state index contributed by atoms with van der Waals surface area (Å²) in [5, 5.41) is 21.3. The van der Waals surface area contributed by atoms with Crippen LogP contribution in [-0.4, -0.2) is 38.3 Å². The van der Waals surface area contributed by atoms with Crippen LogP contribution in [0.15, 0.2) is 24.3 Å². The maximum Gasteiger partial charge on any atom is 0.337 e. The molecular weight excluding hydrogens is 246 g/mol. The van der Waals surface area contributed by atoms with Gasteiger partial charge in [0.1, 0.15) is 5.82 Å². The molecule has 0 bridgehead atoms. The molecule has 1 aromatic heterocycles. The molecule has 1 heterocycles. The van der Waals surface area contributed by atoms with Crippen LogP contribution in [0, 0.1) is 6.92 Å². The molecule has 3 N–H and O–H groups in total. The molecule has 0 amide bonds. The van der Waals surface area contributed by atoms with Crippen molar-refractivity contribution in [1.82, 2.24) is 9.97 Å². The Morgan fingerprint density at radius 2 is 1.89 bits per heavy atom. The van der Waals surface area contributed by atoms with Crippen LogP contribution >= 0.6 is 0 Å². The van der Waals surface area contributed by atoms with Crippen molar-refractivity contribution >= 4 is 22.8 Å². The fourth-order valence-electron chi connectivity index (χ4n) is 1.59. The highest BCUT2D eigenvalue weighted by Crippen LogP contribution is 2.16. The van der Waals surface area contributed by atoms with Gasteiger partial charge in [-0.25, -0.2) is 14.8 Å². The number of para-hydroxylation sites is 2. The van der Waals surface area contributed by atoms with Crippen molar-refractivity contribution in [2.45, 2.75) is 19.4 Å². The largest absolute Gasteiger partial charge is 0.479 e. The van der Waals surface area contributed by atoms with E-state index in [1.54, 1.807) is 6.92 Å². The van der Waals surface area contributed by atoms with Gasteiger partial charge in [-0.05, 0) is 26.0 Å². The SMILES string of the molecule is Cc1nc2ccccc2nc1NCC(C)(O)C(=O)O. The Labute approximate surface area is 110 Å². The van der Waals surface area contributed by atoms with Crippen LogP contribution in [-0.2, 0) is 4.79 Å². The number of benzene rings is 1. The van der Waals surface area contributed by atoms with E-state index >= 15 is 0 Å². The Morgan fingerprint density at radius 1 is 1.32 bits per heavy atom. The third-order valence-corrected chi connectivity index (χ3v) is 2.81. The number of carboxylic acids is 1. The third kappa shape index (κ3) is 2.79. The van der Waals surface area contributed by atoms with E-state index in [1.807, 2.05) is 24.3 Å². The normalized spacial score (nSPS) is 14.1. The first-order chi connectivity index (χ1) is 8.90. The average Bonchev–Trinajstić information content (AvgIpc) is 2.36. The molecule has 6 nitrogen and oxygen atoms in total. The van der Waals surface area contributed by atoms with E-state index in [4.69, 9.17) is 5.11 Å². The minimum atomic E-state index is -1.85. The van der Waals surface area contributed by atoms with Crippen molar-refractivity contribution in [2.24, 2.45) is 0 Å². The Hall–Kier alpha value is -2.21. The highest BCUT2D eigenvalue weighted by atomic mass is 16.4. The maximum atomic E-state index is 10.8. The summed E-state index contributed by atoms with van der Waals surface area (Å²) >= 11 is 0. The number of nitrogens with zero attached hydrogens (tertiary/aromatic N) is 2. The van der Waals surface area contributed by atoms with Crippen molar-refractivity contribution in [3.8, 4) is 0 Å². The highest BCUT2D eigenvalue weighted by molar-refractivity contribution is 5.78. The van der Waals surface area contributed by atoms with Crippen LogP contribution in [0.2, 0.25) is 0 Å². The topological polar surface area (TPSA) is 95.3 Å². The average molecular weight is 261 g/mol. The lowest BCUT2D eigenvalue weighted by atomic mass is 10.1. The minimum absolute atomic E-state index is 0.143. The van der Waals surface area contributed by atoms with Crippen LogP contribution < -0.4 is 5.32 Å². The van der Waals surface area contributed by atoms with Crippen molar-refractivity contribution in [3.63, 3.8) is 0 Å². The number of hydrogen-bond acceptors (Lipinski definition) is 5. The van der Waals surface area contributed by atoms with Gasteiger partial charge in [0, 0.05) is 0 Å². The molecule has 1 unspecified atom stereocenters. The third-order valence-electron chi connectivity index (χ3n) is 2.81. The van der Waals surface area contributed by atoms with Crippen molar-refractivity contribution in [2.75, 3.05) is 11.9 Å². The van der Waals surface area contributed by atoms with Gasteiger partial charge in [0.25, 0.3) is 0 Å². The molecule has 100 valence electrons. The second-order valence-corrected chi connectivity index (χ2v) is 4.58. The smallest absolute Gasteiger partial charge is 0.337 e. The van der Waals surface area contributed by atoms with Gasteiger partial charge >= 0.3 is 5.97 Å². The molecule has 0 aliphatic rings. The number of aliphatic hydroxyl groups is 1. The predicted molar refractivity (Wildman–Crippen MR) is 71.0 cm³/mol. The van der Waals surface area contributed by atoms with E-state index < -0.39 is 11.6 Å². The first-order valence-corrected chi connectivity index (χ1v) is 5.83. The summed E-state index contributed by atoms with van der Waals surface area (Å²) < 4.78 is 0. The fourth-order valence-corrected chi connectivity index (χ4v) is 1.59. The maximum absolute atomic E-state index is 10.8. The molecule has 1 aromatic carbocycles. The van der Waals surface area contributed by atoms with Gasteiger partial charge < -0.3 is 15.5 Å². The number of fused-ring (bicyclic) bond motifs is 1. The molecule has 0 spiro atoms. The summed E-state index contributed by atoms with van der Waals surface area (Å²) in [6.45, 7) is 2.86. The second kappa shape index (κ2) is 4.81. The summed E-state index contributed by atoms with van der Waals surface area (Å²) in [6, 6.07) is 7.40. The lowest BCUT2D eigenvalue weighted by Gasteiger charge is -2.19. The Kier molecular flexibility index (Phi) is 3.35. The zero-order valence-corrected chi connectivity index (χ0v) is 10.7. The number of carboxylic acid groups (broad SMARTS) is 1. The number of carbonyl (C=O) groups is 1. The van der Waals surface area contributed by atoms with Crippen LogP contribution in [0.25, 0.3) is 11.0 Å². The van der Waals surface area contributed by atoms with E-state index in [0.717, 1.165) is 5.52 Å². The number of nitrogens with one attached hydrogen (secondary N) is 1. The van der Waals surface area contributed by atoms with Gasteiger partial charge in [0.15, 0.2) is 5.60 Å². The molecule has 2 rings (SSSR count). The van der Waals surface area contributed by atoms with Gasteiger partial charge in [-0.1, -0.05) is 12.1 Å². The van der Waals surface area contributed by atoms with E-state index in [1.165, 1.54) is 6.92 Å². The van der Waals surface area contributed by atoms with Gasteiger partial charge in [-0.3, -0.25) is 0 Å². The van der Waals surface area contributed by atoms with Crippen LogP contribution in [0.4, 0.5) is 5.82 Å². The van der Waals surface area contributed by atoms with E-state index in [2.05, 4.69) is 15.3 Å². The zero-order valence-electron chi connectivity index (χ0n) is 10.7. The van der Waals surface area contributed by atoms with Crippen molar-refractivity contribution in [1.29, 1.82) is 0 Å². The molecule has 0 aliphatic carbocycles. The van der Waals surface area contributed by atoms with E-state index in [0.29, 0.717) is 17.0 Å². The first-order valence-electron chi connectivity index (χ1n) is 5.83. The van der Waals surface area contributed by atoms with E-state index in [9.17, 15) is 9.90 Å². The molecule has 0 saturated carbocycles. The van der Waals surface area contributed by atoms with Crippen LogP contribution in [0.1, 0.15) is 12.6 Å². The summed E-state index contributed by atoms with van der Waals surface area (Å²) in [6.07, 6.45) is 0. The number of aliphatic carboxylic acids is 1. The van der Waals surface area contributed by atoms with Crippen molar-refractivity contribution < 1.29 is 15.0 Å². The monoisotopic (exact) mass is 261 g/mol. The molecule has 0 radical (unpaired) electrons. The molecule has 0 fully saturated rings. The van der Waals surface area contributed by atoms with Crippen LogP contribution in [0.3, 0.4) is 0 Å². The highest BCUT2D eigenvalue weighted by Gasteiger charge is 2.29. The van der Waals surface area contributed by atoms with Gasteiger partial charge in [0.05, 0.1) is 23.3 Å². The molecule has 2 aromatic rings. The van der Waals surface area contributed by atoms with Gasteiger partial charge in [-0.2, -0.15) is 0 Å². The van der Waals surface area contributed by atoms with E-state index in [-0.39, 0.29) is 6.54 Å². The Balaban J connectivity index is 2.26. The second-order valence-electron chi connectivity index (χ2n) is 4.58. The first kappa shape index (κ1) is 13.2. The summed E-state index contributed by atoms with van der Waals surface area (Å²) in [5.74, 6) is -0.813. The lowest BCUT2D eigenvalue weighted by molar-refractivity contribution is -0.155. The predicted octanol–water partition coefficient (Wildman–Crippen LogP) is 1.19. The molecule has 0 aliphatic heterocycles. The number of rotatable bonds is 4. The summed E-state index contributed by atoms with van der Waals surface area (Å²) in [7, 11) is 0. The minimum Gasteiger partial charge on any atom is -0.479 e. The number of hydrogen-bond donors (Lipinski definition) is 3. The number of anilines is 1. The summed E-state index contributed by atoms with van der Waals surface area (Å²) in [5.41, 5.74) is 0.292. The lowest BCUT2D eigenvalue weighted by Crippen LogP contribution is -2.42. The molecule has 19 heavy (non-hydrogen) atoms. The fraction of sp³-hybridized carbons (Fsp3) is 0.308. The molecule has 0 saturated heterocycles. The quantitative estimate of drug-likeness (QED) is 0.765. The Morgan fingerprint density at radius 3 is 2.47 bits per heavy atom. The number of aromatic nitrogens is 2.